The first-order valence-electron chi connectivity index (χ1n) is 6.96. The van der Waals surface area contributed by atoms with E-state index < -0.39 is 0 Å². The smallest absolute Gasteiger partial charge is 0.172 e. The molecular weight excluding hydrogens is 252 g/mol. The van der Waals surface area contributed by atoms with Gasteiger partial charge in [0.15, 0.2) is 11.9 Å². The summed E-state index contributed by atoms with van der Waals surface area (Å²) in [6, 6.07) is 8.09. The van der Waals surface area contributed by atoms with Crippen LogP contribution in [0, 0.1) is 0 Å². The van der Waals surface area contributed by atoms with E-state index in [1.165, 1.54) is 5.56 Å². The number of hydrogen-bond donors (Lipinski definition) is 2. The minimum Gasteiger partial charge on any atom is -0.482 e. The maximum Gasteiger partial charge on any atom is 0.172 e. The van der Waals surface area contributed by atoms with Gasteiger partial charge in [0, 0.05) is 17.7 Å². The highest BCUT2D eigenvalue weighted by Crippen LogP contribution is 2.36. The van der Waals surface area contributed by atoms with Crippen molar-refractivity contribution < 1.29 is 4.74 Å². The zero-order valence-corrected chi connectivity index (χ0v) is 11.1. The fraction of sp³-hybridized carbons (Fsp3) is 0.333. The van der Waals surface area contributed by atoms with Crippen LogP contribution in [0.25, 0.3) is 0 Å². The number of nitrogen functional groups attached to an aromatic ring is 1. The molecule has 5 heteroatoms. The molecule has 0 amide bonds. The molecular formula is C15H16N4O. The Hall–Kier alpha value is -2.14. The maximum absolute atomic E-state index is 5.96. The van der Waals surface area contributed by atoms with Crippen LogP contribution in [0.15, 0.2) is 24.3 Å². The van der Waals surface area contributed by atoms with Gasteiger partial charge in [-0.05, 0) is 30.9 Å². The second-order valence-corrected chi connectivity index (χ2v) is 5.27. The minimum absolute atomic E-state index is 0.106. The van der Waals surface area contributed by atoms with E-state index in [1.807, 2.05) is 18.2 Å². The van der Waals surface area contributed by atoms with Crippen molar-refractivity contribution in [3.8, 4) is 5.75 Å². The van der Waals surface area contributed by atoms with Gasteiger partial charge in [0.25, 0.3) is 0 Å². The normalized spacial score (nSPS) is 19.4. The van der Waals surface area contributed by atoms with Crippen molar-refractivity contribution in [2.45, 2.75) is 31.8 Å². The van der Waals surface area contributed by atoms with E-state index in [0.29, 0.717) is 0 Å². The lowest BCUT2D eigenvalue weighted by molar-refractivity contribution is 0.227. The molecule has 1 aliphatic carbocycles. The summed E-state index contributed by atoms with van der Waals surface area (Å²) in [5, 5.41) is 0. The molecule has 5 nitrogen and oxygen atoms in total. The van der Waals surface area contributed by atoms with Crippen LogP contribution in [0.2, 0.25) is 0 Å². The van der Waals surface area contributed by atoms with Gasteiger partial charge in [-0.3, -0.25) is 0 Å². The number of hydrazine groups is 1. The monoisotopic (exact) mass is 268 g/mol. The van der Waals surface area contributed by atoms with E-state index in [2.05, 4.69) is 16.5 Å². The molecule has 0 radical (unpaired) electrons. The maximum atomic E-state index is 5.96. The molecule has 2 aromatic rings. The van der Waals surface area contributed by atoms with E-state index in [9.17, 15) is 0 Å². The van der Waals surface area contributed by atoms with E-state index in [-0.39, 0.29) is 6.10 Å². The molecule has 0 saturated heterocycles. The van der Waals surface area contributed by atoms with Crippen molar-refractivity contribution in [3.05, 3.63) is 46.9 Å². The number of hydrogen-bond acceptors (Lipinski definition) is 5. The molecule has 20 heavy (non-hydrogen) atoms. The molecule has 0 saturated carbocycles. The van der Waals surface area contributed by atoms with Crippen molar-refractivity contribution in [2.75, 3.05) is 5.43 Å². The molecule has 4 rings (SSSR count). The number of aromatic nitrogens is 2. The Kier molecular flexibility index (Phi) is 2.60. The third kappa shape index (κ3) is 1.74. The summed E-state index contributed by atoms with van der Waals surface area (Å²) in [5.74, 6) is 8.01. The topological polar surface area (TPSA) is 73.1 Å². The molecule has 1 aromatic carbocycles. The van der Waals surface area contributed by atoms with Crippen LogP contribution < -0.4 is 16.0 Å². The number of fused-ring (bicyclic) bond motifs is 2. The SMILES string of the molecule is NNc1nc(C2Cc3ccccc3O2)nc2c1CCC2. The molecule has 3 N–H and O–H groups in total. The Bertz CT molecular complexity index is 646. The first-order valence-corrected chi connectivity index (χ1v) is 6.96. The summed E-state index contributed by atoms with van der Waals surface area (Å²) in [6.45, 7) is 0. The number of ether oxygens (including phenoxy) is 1. The van der Waals surface area contributed by atoms with E-state index in [0.717, 1.165) is 54.3 Å². The number of nitrogens with one attached hydrogen (secondary N) is 1. The van der Waals surface area contributed by atoms with E-state index in [4.69, 9.17) is 15.6 Å². The first kappa shape index (κ1) is 11.7. The molecule has 0 fully saturated rings. The standard InChI is InChI=1S/C15H16N4O/c16-19-14-10-5-3-6-11(10)17-15(18-14)13-8-9-4-1-2-7-12(9)20-13/h1-2,4,7,13H,3,5-6,8,16H2,(H,17,18,19). The number of nitrogens with two attached hydrogens (primary N) is 1. The Labute approximate surface area is 117 Å². The Morgan fingerprint density at radius 1 is 1.20 bits per heavy atom. The molecule has 1 atom stereocenters. The molecule has 1 aromatic heterocycles. The van der Waals surface area contributed by atoms with Crippen molar-refractivity contribution in [1.82, 2.24) is 9.97 Å². The lowest BCUT2D eigenvalue weighted by Crippen LogP contribution is -2.16. The fourth-order valence-electron chi connectivity index (χ4n) is 3.04. The number of anilines is 1. The van der Waals surface area contributed by atoms with Gasteiger partial charge >= 0.3 is 0 Å². The highest BCUT2D eigenvalue weighted by atomic mass is 16.5. The van der Waals surface area contributed by atoms with Crippen LogP contribution in [-0.2, 0) is 19.3 Å². The van der Waals surface area contributed by atoms with Gasteiger partial charge in [0.05, 0.1) is 0 Å². The van der Waals surface area contributed by atoms with Gasteiger partial charge in [-0.1, -0.05) is 18.2 Å². The van der Waals surface area contributed by atoms with Crippen LogP contribution in [0.5, 0.6) is 5.75 Å². The highest BCUT2D eigenvalue weighted by molar-refractivity contribution is 5.48. The van der Waals surface area contributed by atoms with Crippen molar-refractivity contribution in [2.24, 2.45) is 5.84 Å². The zero-order valence-electron chi connectivity index (χ0n) is 11.1. The quantitative estimate of drug-likeness (QED) is 0.643. The third-order valence-electron chi connectivity index (χ3n) is 4.02. The van der Waals surface area contributed by atoms with Gasteiger partial charge in [-0.15, -0.1) is 0 Å². The second-order valence-electron chi connectivity index (χ2n) is 5.27. The summed E-state index contributed by atoms with van der Waals surface area (Å²) >= 11 is 0. The van der Waals surface area contributed by atoms with Gasteiger partial charge in [0.2, 0.25) is 0 Å². The Morgan fingerprint density at radius 3 is 2.95 bits per heavy atom. The number of para-hydroxylation sites is 1. The number of aryl methyl sites for hydroxylation is 1. The van der Waals surface area contributed by atoms with Crippen LogP contribution >= 0.6 is 0 Å². The molecule has 2 heterocycles. The van der Waals surface area contributed by atoms with Crippen LogP contribution in [0.1, 0.15) is 35.2 Å². The second kappa shape index (κ2) is 4.45. The summed E-state index contributed by atoms with van der Waals surface area (Å²) in [5.41, 5.74) is 6.19. The molecule has 2 aliphatic rings. The predicted molar refractivity (Wildman–Crippen MR) is 75.4 cm³/mol. The van der Waals surface area contributed by atoms with Gasteiger partial charge in [0.1, 0.15) is 11.6 Å². The lowest BCUT2D eigenvalue weighted by atomic mass is 10.1. The summed E-state index contributed by atoms with van der Waals surface area (Å²) in [4.78, 5) is 9.25. The van der Waals surface area contributed by atoms with E-state index in [1.54, 1.807) is 0 Å². The van der Waals surface area contributed by atoms with Crippen LogP contribution in [-0.4, -0.2) is 9.97 Å². The largest absolute Gasteiger partial charge is 0.482 e. The third-order valence-corrected chi connectivity index (χ3v) is 4.02. The summed E-state index contributed by atoms with van der Waals surface area (Å²) in [7, 11) is 0. The summed E-state index contributed by atoms with van der Waals surface area (Å²) < 4.78 is 5.96. The molecule has 0 spiro atoms. The lowest BCUT2D eigenvalue weighted by Gasteiger charge is -2.13. The average molecular weight is 268 g/mol. The minimum atomic E-state index is -0.106. The number of benzene rings is 1. The fourth-order valence-corrected chi connectivity index (χ4v) is 3.04. The molecule has 0 bridgehead atoms. The number of nitrogens with zero attached hydrogens (tertiary/aromatic N) is 2. The van der Waals surface area contributed by atoms with Gasteiger partial charge in [-0.2, -0.15) is 0 Å². The van der Waals surface area contributed by atoms with Gasteiger partial charge in [-0.25, -0.2) is 15.8 Å². The van der Waals surface area contributed by atoms with E-state index >= 15 is 0 Å². The van der Waals surface area contributed by atoms with Crippen molar-refractivity contribution in [3.63, 3.8) is 0 Å². The highest BCUT2D eigenvalue weighted by Gasteiger charge is 2.29. The van der Waals surface area contributed by atoms with Crippen LogP contribution in [0.3, 0.4) is 0 Å². The molecule has 102 valence electrons. The summed E-state index contributed by atoms with van der Waals surface area (Å²) in [6.07, 6.45) is 3.83. The zero-order chi connectivity index (χ0) is 13.5. The average Bonchev–Trinajstić information content (AvgIpc) is 3.12. The Balaban J connectivity index is 1.71. The van der Waals surface area contributed by atoms with Gasteiger partial charge < -0.3 is 10.2 Å². The first-order chi connectivity index (χ1) is 9.85. The Morgan fingerprint density at radius 2 is 2.10 bits per heavy atom. The predicted octanol–water partition coefficient (Wildman–Crippen LogP) is 1.93. The molecule has 1 unspecified atom stereocenters. The van der Waals surface area contributed by atoms with Crippen molar-refractivity contribution in [1.29, 1.82) is 0 Å². The number of rotatable bonds is 2. The van der Waals surface area contributed by atoms with Crippen molar-refractivity contribution >= 4 is 5.82 Å². The molecule has 1 aliphatic heterocycles. The van der Waals surface area contributed by atoms with Crippen LogP contribution in [0.4, 0.5) is 5.82 Å².